The highest BCUT2D eigenvalue weighted by Crippen LogP contribution is 2.19. The maximum Gasteiger partial charge on any atom is 0.273 e. The highest BCUT2D eigenvalue weighted by atomic mass is 16.6. The molecule has 7 nitrogen and oxygen atoms in total. The summed E-state index contributed by atoms with van der Waals surface area (Å²) in [7, 11) is 0. The van der Waals surface area contributed by atoms with Crippen LogP contribution >= 0.6 is 0 Å². The van der Waals surface area contributed by atoms with Gasteiger partial charge in [-0.25, -0.2) is 0 Å². The molecule has 0 spiro atoms. The van der Waals surface area contributed by atoms with E-state index in [1.807, 2.05) is 12.1 Å². The number of para-hydroxylation sites is 1. The van der Waals surface area contributed by atoms with Crippen LogP contribution in [0.2, 0.25) is 0 Å². The van der Waals surface area contributed by atoms with Gasteiger partial charge in [0.15, 0.2) is 0 Å². The monoisotopic (exact) mass is 335 g/mol. The lowest BCUT2D eigenvalue weighted by Gasteiger charge is -2.23. The summed E-state index contributed by atoms with van der Waals surface area (Å²) in [6.07, 6.45) is 2.16. The van der Waals surface area contributed by atoms with Gasteiger partial charge in [0.05, 0.1) is 4.92 Å². The molecule has 0 aliphatic carbocycles. The summed E-state index contributed by atoms with van der Waals surface area (Å²) in [4.78, 5) is 13.2. The molecule has 1 aliphatic rings. The highest BCUT2D eigenvalue weighted by molar-refractivity contribution is 5.39. The van der Waals surface area contributed by atoms with Crippen molar-refractivity contribution in [2.24, 2.45) is 0 Å². The lowest BCUT2D eigenvalue weighted by atomic mass is 10.1. The second-order valence-electron chi connectivity index (χ2n) is 6.12. The Bertz CT molecular complexity index is 484. The Hall–Kier alpha value is -1.54. The summed E-state index contributed by atoms with van der Waals surface area (Å²) in [6.45, 7) is 8.37. The zero-order chi connectivity index (χ0) is 17.0. The van der Waals surface area contributed by atoms with Crippen LogP contribution in [0.25, 0.3) is 0 Å². The Labute approximate surface area is 144 Å². The number of nitro groups is 1. The molecule has 1 aliphatic heterocycles. The van der Waals surface area contributed by atoms with Crippen molar-refractivity contribution < 1.29 is 4.92 Å². The zero-order valence-corrected chi connectivity index (χ0v) is 14.3. The standard InChI is InChI=1S/C17H29N5O2/c23-22(24)17-6-2-1-5-16(17)15-21-13-4-9-19-11-10-18-7-3-8-20-12-14-21/h1-2,5-6,18-20H,3-4,7-15H2. The van der Waals surface area contributed by atoms with Gasteiger partial charge in [0.1, 0.15) is 0 Å². The number of rotatable bonds is 3. The highest BCUT2D eigenvalue weighted by Gasteiger charge is 2.15. The third kappa shape index (κ3) is 6.92. The minimum atomic E-state index is -0.285. The van der Waals surface area contributed by atoms with Crippen LogP contribution in [-0.2, 0) is 6.54 Å². The molecule has 3 N–H and O–H groups in total. The average molecular weight is 335 g/mol. The number of nitrogens with zero attached hydrogens (tertiary/aromatic N) is 2. The van der Waals surface area contributed by atoms with Crippen molar-refractivity contribution in [2.45, 2.75) is 19.4 Å². The minimum absolute atomic E-state index is 0.217. The molecule has 0 aromatic heterocycles. The van der Waals surface area contributed by atoms with Crippen LogP contribution in [0, 0.1) is 10.1 Å². The van der Waals surface area contributed by atoms with Gasteiger partial charge in [-0.3, -0.25) is 15.0 Å². The number of benzene rings is 1. The molecule has 0 bridgehead atoms. The molecule has 1 aromatic rings. The van der Waals surface area contributed by atoms with Crippen molar-refractivity contribution >= 4 is 5.69 Å². The topological polar surface area (TPSA) is 82.5 Å². The summed E-state index contributed by atoms with van der Waals surface area (Å²) in [5.74, 6) is 0. The van der Waals surface area contributed by atoms with E-state index in [0.29, 0.717) is 6.54 Å². The molecule has 1 saturated heterocycles. The Morgan fingerprint density at radius 3 is 2.33 bits per heavy atom. The molecule has 0 unspecified atom stereocenters. The normalized spacial score (nSPS) is 19.5. The van der Waals surface area contributed by atoms with Gasteiger partial charge in [0, 0.05) is 44.4 Å². The molecule has 2 rings (SSSR count). The predicted molar refractivity (Wildman–Crippen MR) is 96.2 cm³/mol. The number of hydrogen-bond donors (Lipinski definition) is 3. The number of nitro benzene ring substituents is 1. The Morgan fingerprint density at radius 1 is 0.917 bits per heavy atom. The van der Waals surface area contributed by atoms with Gasteiger partial charge in [-0.05, 0) is 39.0 Å². The molecule has 0 amide bonds. The maximum absolute atomic E-state index is 11.2. The Kier molecular flexibility index (Phi) is 8.69. The fourth-order valence-corrected chi connectivity index (χ4v) is 2.89. The first-order valence-electron chi connectivity index (χ1n) is 8.84. The molecule has 1 heterocycles. The first-order chi connectivity index (χ1) is 11.8. The molecular weight excluding hydrogens is 306 g/mol. The van der Waals surface area contributed by atoms with Crippen LogP contribution in [0.1, 0.15) is 18.4 Å². The molecule has 1 fully saturated rings. The number of nitrogens with one attached hydrogen (secondary N) is 3. The van der Waals surface area contributed by atoms with Crippen LogP contribution in [0.3, 0.4) is 0 Å². The summed E-state index contributed by atoms with van der Waals surface area (Å²) in [5, 5.41) is 21.5. The van der Waals surface area contributed by atoms with Crippen molar-refractivity contribution in [3.63, 3.8) is 0 Å². The molecule has 1 aromatic carbocycles. The summed E-state index contributed by atoms with van der Waals surface area (Å²) < 4.78 is 0. The molecule has 0 atom stereocenters. The lowest BCUT2D eigenvalue weighted by Crippen LogP contribution is -2.36. The molecule has 0 saturated carbocycles. The van der Waals surface area contributed by atoms with Gasteiger partial charge >= 0.3 is 0 Å². The van der Waals surface area contributed by atoms with Crippen LogP contribution in [0.5, 0.6) is 0 Å². The van der Waals surface area contributed by atoms with E-state index in [1.165, 1.54) is 0 Å². The van der Waals surface area contributed by atoms with Crippen molar-refractivity contribution in [3.8, 4) is 0 Å². The van der Waals surface area contributed by atoms with E-state index in [2.05, 4.69) is 20.9 Å². The van der Waals surface area contributed by atoms with Gasteiger partial charge in [0.2, 0.25) is 0 Å². The molecule has 134 valence electrons. The van der Waals surface area contributed by atoms with E-state index < -0.39 is 0 Å². The van der Waals surface area contributed by atoms with Crippen LogP contribution in [0.15, 0.2) is 24.3 Å². The molecule has 7 heteroatoms. The lowest BCUT2D eigenvalue weighted by molar-refractivity contribution is -0.385. The Morgan fingerprint density at radius 2 is 1.58 bits per heavy atom. The third-order valence-electron chi connectivity index (χ3n) is 4.20. The first-order valence-corrected chi connectivity index (χ1v) is 8.84. The van der Waals surface area contributed by atoms with Gasteiger partial charge in [-0.2, -0.15) is 0 Å². The zero-order valence-electron chi connectivity index (χ0n) is 14.3. The van der Waals surface area contributed by atoms with Gasteiger partial charge in [0.25, 0.3) is 5.69 Å². The quantitative estimate of drug-likeness (QED) is 0.564. The van der Waals surface area contributed by atoms with E-state index in [0.717, 1.165) is 70.8 Å². The Balaban J connectivity index is 1.92. The molecule has 0 radical (unpaired) electrons. The SMILES string of the molecule is O=[N+]([O-])c1ccccc1CN1CCCNCCNCCCNCC1. The van der Waals surface area contributed by atoms with Crippen molar-refractivity contribution in [3.05, 3.63) is 39.9 Å². The van der Waals surface area contributed by atoms with E-state index in [-0.39, 0.29) is 10.6 Å². The molecule has 24 heavy (non-hydrogen) atoms. The van der Waals surface area contributed by atoms with Gasteiger partial charge in [-0.15, -0.1) is 0 Å². The third-order valence-corrected chi connectivity index (χ3v) is 4.20. The second kappa shape index (κ2) is 11.1. The number of hydrogen-bond acceptors (Lipinski definition) is 6. The first kappa shape index (κ1) is 18.8. The largest absolute Gasteiger partial charge is 0.315 e. The average Bonchev–Trinajstić information content (AvgIpc) is 2.58. The maximum atomic E-state index is 11.2. The van der Waals surface area contributed by atoms with Crippen LogP contribution < -0.4 is 16.0 Å². The van der Waals surface area contributed by atoms with Crippen LogP contribution in [-0.4, -0.2) is 62.2 Å². The van der Waals surface area contributed by atoms with Crippen molar-refractivity contribution in [2.75, 3.05) is 52.4 Å². The van der Waals surface area contributed by atoms with Crippen molar-refractivity contribution in [1.82, 2.24) is 20.9 Å². The second-order valence-corrected chi connectivity index (χ2v) is 6.12. The van der Waals surface area contributed by atoms with Gasteiger partial charge < -0.3 is 16.0 Å². The van der Waals surface area contributed by atoms with Crippen molar-refractivity contribution in [1.29, 1.82) is 0 Å². The van der Waals surface area contributed by atoms with Crippen LogP contribution in [0.4, 0.5) is 5.69 Å². The minimum Gasteiger partial charge on any atom is -0.315 e. The van der Waals surface area contributed by atoms with E-state index in [9.17, 15) is 10.1 Å². The summed E-state index contributed by atoms with van der Waals surface area (Å²) >= 11 is 0. The van der Waals surface area contributed by atoms with E-state index >= 15 is 0 Å². The fraction of sp³-hybridized carbons (Fsp3) is 0.647. The smallest absolute Gasteiger partial charge is 0.273 e. The summed E-state index contributed by atoms with van der Waals surface area (Å²) in [5.41, 5.74) is 1.01. The molecular formula is C17H29N5O2. The summed E-state index contributed by atoms with van der Waals surface area (Å²) in [6, 6.07) is 7.05. The fourth-order valence-electron chi connectivity index (χ4n) is 2.89. The van der Waals surface area contributed by atoms with E-state index in [4.69, 9.17) is 0 Å². The predicted octanol–water partition coefficient (Wildman–Crippen LogP) is 0.959. The van der Waals surface area contributed by atoms with Gasteiger partial charge in [-0.1, -0.05) is 18.2 Å². The van der Waals surface area contributed by atoms with E-state index in [1.54, 1.807) is 12.1 Å².